The number of aliphatic hydroxyl groups excluding tert-OH is 2. The second kappa shape index (κ2) is 13.1. The maximum atomic E-state index is 14.0. The minimum absolute atomic E-state index is 0.0395. The summed E-state index contributed by atoms with van der Waals surface area (Å²) < 4.78 is 17.5. The highest BCUT2D eigenvalue weighted by Crippen LogP contribution is 2.52. The number of amides is 2. The molecule has 1 aromatic carbocycles. The van der Waals surface area contributed by atoms with E-state index in [4.69, 9.17) is 14.2 Å². The Balaban J connectivity index is 1.49. The van der Waals surface area contributed by atoms with Gasteiger partial charge in [0.15, 0.2) is 11.5 Å². The number of carbonyl (C=O) groups excluding carboxylic acids is 3. The Morgan fingerprint density at radius 3 is 2.69 bits per heavy atom. The van der Waals surface area contributed by atoms with Crippen LogP contribution in [0.3, 0.4) is 0 Å². The zero-order valence-corrected chi connectivity index (χ0v) is 24.8. The van der Waals surface area contributed by atoms with E-state index < -0.39 is 30.1 Å². The number of rotatable bonds is 13. The van der Waals surface area contributed by atoms with E-state index >= 15 is 0 Å². The molecule has 5 rings (SSSR count). The predicted octanol–water partition coefficient (Wildman–Crippen LogP) is 2.60. The first-order valence-corrected chi connectivity index (χ1v) is 15.3. The van der Waals surface area contributed by atoms with Gasteiger partial charge in [0.25, 0.3) is 0 Å². The number of ether oxygens (including phenoxy) is 3. The molecular formula is C32H44N2O8. The van der Waals surface area contributed by atoms with Crippen LogP contribution >= 0.6 is 0 Å². The number of aldehydes is 1. The number of methoxy groups -OCH3 is 1. The summed E-state index contributed by atoms with van der Waals surface area (Å²) in [6.45, 7) is 4.56. The molecule has 7 atom stereocenters. The number of nitrogens with zero attached hydrogens (tertiary/aromatic N) is 1. The maximum Gasteiger partial charge on any atom is 0.247 e. The van der Waals surface area contributed by atoms with Crippen LogP contribution < -0.4 is 14.8 Å². The third kappa shape index (κ3) is 6.07. The number of aliphatic hydroxyl groups is 2. The zero-order chi connectivity index (χ0) is 30.0. The van der Waals surface area contributed by atoms with Crippen LogP contribution in [0.2, 0.25) is 0 Å². The van der Waals surface area contributed by atoms with E-state index in [0.29, 0.717) is 78.2 Å². The molecule has 2 amide bonds. The van der Waals surface area contributed by atoms with Crippen LogP contribution in [0.4, 0.5) is 0 Å². The summed E-state index contributed by atoms with van der Waals surface area (Å²) in [4.78, 5) is 40.9. The Labute approximate surface area is 247 Å². The highest BCUT2D eigenvalue weighted by atomic mass is 16.5. The fourth-order valence-corrected chi connectivity index (χ4v) is 7.52. The van der Waals surface area contributed by atoms with Gasteiger partial charge in [0.2, 0.25) is 11.8 Å². The van der Waals surface area contributed by atoms with Crippen LogP contribution in [-0.4, -0.2) is 91.0 Å². The molecule has 3 unspecified atom stereocenters. The quantitative estimate of drug-likeness (QED) is 0.238. The second-order valence-corrected chi connectivity index (χ2v) is 12.4. The summed E-state index contributed by atoms with van der Waals surface area (Å²) in [6.07, 6.45) is 6.09. The van der Waals surface area contributed by atoms with E-state index in [1.807, 2.05) is 13.8 Å². The van der Waals surface area contributed by atoms with Gasteiger partial charge < -0.3 is 34.6 Å². The fraction of sp³-hybridized carbons (Fsp3) is 0.656. The monoisotopic (exact) mass is 584 g/mol. The average Bonchev–Trinajstić information content (AvgIpc) is 3.70. The fourth-order valence-electron chi connectivity index (χ4n) is 7.52. The smallest absolute Gasteiger partial charge is 0.247 e. The molecule has 4 aliphatic rings. The largest absolute Gasteiger partial charge is 0.493 e. The van der Waals surface area contributed by atoms with E-state index in [9.17, 15) is 24.6 Å². The van der Waals surface area contributed by atoms with Crippen molar-refractivity contribution in [2.24, 2.45) is 17.8 Å². The summed E-state index contributed by atoms with van der Waals surface area (Å²) >= 11 is 0. The summed E-state index contributed by atoms with van der Waals surface area (Å²) in [5, 5.41) is 23.9. The first-order chi connectivity index (χ1) is 20.2. The van der Waals surface area contributed by atoms with Crippen molar-refractivity contribution in [1.29, 1.82) is 0 Å². The lowest BCUT2D eigenvalue weighted by molar-refractivity contribution is -0.139. The van der Waals surface area contributed by atoms with Crippen molar-refractivity contribution in [2.75, 3.05) is 33.4 Å². The van der Waals surface area contributed by atoms with Crippen LogP contribution in [0, 0.1) is 17.8 Å². The van der Waals surface area contributed by atoms with Gasteiger partial charge in [0.05, 0.1) is 31.8 Å². The van der Waals surface area contributed by atoms with Gasteiger partial charge in [-0.15, -0.1) is 0 Å². The maximum absolute atomic E-state index is 14.0. The van der Waals surface area contributed by atoms with Crippen molar-refractivity contribution in [3.05, 3.63) is 34.9 Å². The van der Waals surface area contributed by atoms with E-state index in [-0.39, 0.29) is 25.2 Å². The molecule has 10 heteroatoms. The Morgan fingerprint density at radius 1 is 1.24 bits per heavy atom. The minimum Gasteiger partial charge on any atom is -0.493 e. The van der Waals surface area contributed by atoms with Gasteiger partial charge in [-0.2, -0.15) is 0 Å². The SMILES string of the molecule is COc1cc(C=O)cc2c1O[C@@H]1[C@@H](O)[C@H](N(CCCOC(C)C)C(=O)CC3CC4CCC3C4)C=C(C(=O)NCCO)[C@H]21. The van der Waals surface area contributed by atoms with Gasteiger partial charge in [-0.1, -0.05) is 6.42 Å². The summed E-state index contributed by atoms with van der Waals surface area (Å²) in [6, 6.07) is 2.40. The molecule has 0 saturated heterocycles. The molecule has 2 bridgehead atoms. The van der Waals surface area contributed by atoms with Gasteiger partial charge in [0, 0.05) is 42.8 Å². The highest BCUT2D eigenvalue weighted by molar-refractivity contribution is 5.96. The average molecular weight is 585 g/mol. The molecule has 42 heavy (non-hydrogen) atoms. The first-order valence-electron chi connectivity index (χ1n) is 15.3. The highest BCUT2D eigenvalue weighted by Gasteiger charge is 2.52. The van der Waals surface area contributed by atoms with Crippen molar-refractivity contribution in [3.63, 3.8) is 0 Å². The van der Waals surface area contributed by atoms with Crippen molar-refractivity contribution in [1.82, 2.24) is 10.2 Å². The Kier molecular flexibility index (Phi) is 9.54. The van der Waals surface area contributed by atoms with Crippen molar-refractivity contribution in [2.45, 2.75) is 82.6 Å². The topological polar surface area (TPSA) is 135 Å². The summed E-state index contributed by atoms with van der Waals surface area (Å²) in [5.74, 6) is 1.17. The predicted molar refractivity (Wildman–Crippen MR) is 154 cm³/mol. The lowest BCUT2D eigenvalue weighted by atomic mass is 9.77. The van der Waals surface area contributed by atoms with Crippen LogP contribution in [0.15, 0.2) is 23.8 Å². The number of hydrogen-bond acceptors (Lipinski definition) is 8. The van der Waals surface area contributed by atoms with E-state index in [1.54, 1.807) is 23.1 Å². The van der Waals surface area contributed by atoms with Crippen molar-refractivity contribution >= 4 is 18.1 Å². The Morgan fingerprint density at radius 2 is 2.05 bits per heavy atom. The van der Waals surface area contributed by atoms with E-state index in [1.165, 1.54) is 26.4 Å². The number of hydrogen-bond donors (Lipinski definition) is 3. The van der Waals surface area contributed by atoms with Gasteiger partial charge in [0.1, 0.15) is 18.5 Å². The molecule has 0 radical (unpaired) electrons. The van der Waals surface area contributed by atoms with Crippen molar-refractivity contribution in [3.8, 4) is 11.5 Å². The Bertz CT molecular complexity index is 1200. The van der Waals surface area contributed by atoms with Crippen molar-refractivity contribution < 1.29 is 38.8 Å². The minimum atomic E-state index is -1.14. The van der Waals surface area contributed by atoms with Crippen LogP contribution in [0.25, 0.3) is 0 Å². The van der Waals surface area contributed by atoms with Gasteiger partial charge in [-0.3, -0.25) is 14.4 Å². The van der Waals surface area contributed by atoms with Crippen LogP contribution in [0.1, 0.15) is 74.2 Å². The molecule has 0 spiro atoms. The zero-order valence-electron chi connectivity index (χ0n) is 24.8. The molecule has 3 N–H and O–H groups in total. The molecule has 1 aromatic rings. The standard InChI is InChI=1S/C32H44N2O8/c1-18(2)41-10-4-8-34(27(37)15-22-12-19-5-6-21(22)11-19)25-16-24(32(39)33-7-9-35)28-23-13-20(17-36)14-26(40-3)30(23)42-31(28)29(25)38/h13-14,16-19,21-22,25,28-29,31,35,38H,4-12,15H2,1-3H3,(H,33,39)/t19?,21?,22?,25-,28+,29+,31+/m1/s1. The number of nitrogens with one attached hydrogen (secondary N) is 1. The third-order valence-electron chi connectivity index (χ3n) is 9.41. The molecule has 1 aliphatic heterocycles. The molecule has 10 nitrogen and oxygen atoms in total. The lowest BCUT2D eigenvalue weighted by Gasteiger charge is -2.41. The normalized spacial score (nSPS) is 29.0. The molecular weight excluding hydrogens is 540 g/mol. The summed E-state index contributed by atoms with van der Waals surface area (Å²) in [7, 11) is 1.47. The van der Waals surface area contributed by atoms with E-state index in [2.05, 4.69) is 5.32 Å². The van der Waals surface area contributed by atoms with Crippen LogP contribution in [-0.2, 0) is 14.3 Å². The molecule has 230 valence electrons. The molecule has 2 saturated carbocycles. The number of carbonyl (C=O) groups is 3. The lowest BCUT2D eigenvalue weighted by Crippen LogP contribution is -2.56. The van der Waals surface area contributed by atoms with Gasteiger partial charge >= 0.3 is 0 Å². The molecule has 2 fully saturated rings. The Hall–Kier alpha value is -2.95. The molecule has 0 aromatic heterocycles. The van der Waals surface area contributed by atoms with Crippen LogP contribution in [0.5, 0.6) is 11.5 Å². The second-order valence-electron chi connectivity index (χ2n) is 12.4. The van der Waals surface area contributed by atoms with Gasteiger partial charge in [-0.25, -0.2) is 0 Å². The number of fused-ring (bicyclic) bond motifs is 5. The molecule has 3 aliphatic carbocycles. The third-order valence-corrected chi connectivity index (χ3v) is 9.41. The number of benzene rings is 1. The molecule has 1 heterocycles. The van der Waals surface area contributed by atoms with Gasteiger partial charge in [-0.05, 0) is 75.5 Å². The summed E-state index contributed by atoms with van der Waals surface area (Å²) in [5.41, 5.74) is 1.24. The first kappa shape index (κ1) is 30.5. The van der Waals surface area contributed by atoms with E-state index in [0.717, 1.165) is 6.42 Å².